The molecule has 1 aromatic heterocycles. The van der Waals surface area contributed by atoms with Crippen LogP contribution in [0.1, 0.15) is 24.0 Å². The van der Waals surface area contributed by atoms with Crippen LogP contribution in [-0.2, 0) is 13.0 Å². The molecular formula is C27H36N4O2. The van der Waals surface area contributed by atoms with E-state index in [-0.39, 0.29) is 0 Å². The van der Waals surface area contributed by atoms with Gasteiger partial charge in [0, 0.05) is 37.3 Å². The number of nitrogens with one attached hydrogen (secondary N) is 1. The zero-order valence-corrected chi connectivity index (χ0v) is 20.1. The minimum absolute atomic E-state index is 0.692. The third kappa shape index (κ3) is 6.15. The molecule has 2 aromatic carbocycles. The van der Waals surface area contributed by atoms with Crippen molar-refractivity contribution in [2.24, 2.45) is 5.92 Å². The summed E-state index contributed by atoms with van der Waals surface area (Å²) in [4.78, 5) is 5.06. The average Bonchev–Trinajstić information content (AvgIpc) is 3.31. The average molecular weight is 449 g/mol. The zero-order chi connectivity index (χ0) is 23.0. The van der Waals surface area contributed by atoms with Crippen LogP contribution in [0.2, 0.25) is 0 Å². The number of ether oxygens (including phenoxy) is 2. The summed E-state index contributed by atoms with van der Waals surface area (Å²) in [7, 11) is 5.67. The Morgan fingerprint density at radius 2 is 1.88 bits per heavy atom. The number of rotatable bonds is 10. The van der Waals surface area contributed by atoms with E-state index in [1.54, 1.807) is 14.2 Å². The Balaban J connectivity index is 1.30. The van der Waals surface area contributed by atoms with E-state index < -0.39 is 0 Å². The van der Waals surface area contributed by atoms with Crippen LogP contribution in [0.25, 0.3) is 11.3 Å². The molecule has 0 radical (unpaired) electrons. The zero-order valence-electron chi connectivity index (χ0n) is 20.1. The Morgan fingerprint density at radius 1 is 1.06 bits per heavy atom. The van der Waals surface area contributed by atoms with Gasteiger partial charge < -0.3 is 19.3 Å². The van der Waals surface area contributed by atoms with Crippen molar-refractivity contribution in [3.05, 3.63) is 65.9 Å². The van der Waals surface area contributed by atoms with Crippen molar-refractivity contribution in [1.82, 2.24) is 20.0 Å². The summed E-state index contributed by atoms with van der Waals surface area (Å²) in [5.41, 5.74) is 4.75. The standard InChI is InChI=1S/C27H36N4O2/c1-30(20-24-17-28-29-27(24)23-10-12-25(32-2)13-11-23)18-21-7-6-15-31(19-21)16-14-22-8-4-5-9-26(22)33-3/h4-5,8-13,17,21H,6-7,14-16,18-20H2,1-3H3,(H,28,29)/t21-/m0/s1. The number of likely N-dealkylation sites (tertiary alicyclic amines) is 1. The Labute approximate surface area is 197 Å². The van der Waals surface area contributed by atoms with Crippen molar-refractivity contribution in [2.45, 2.75) is 25.8 Å². The summed E-state index contributed by atoms with van der Waals surface area (Å²) in [5.74, 6) is 2.56. The molecule has 6 heteroatoms. The van der Waals surface area contributed by atoms with Gasteiger partial charge in [0.15, 0.2) is 0 Å². The second-order valence-electron chi connectivity index (χ2n) is 9.07. The molecule has 176 valence electrons. The van der Waals surface area contributed by atoms with Crippen LogP contribution < -0.4 is 9.47 Å². The van der Waals surface area contributed by atoms with Crippen LogP contribution in [-0.4, -0.2) is 67.4 Å². The third-order valence-corrected chi connectivity index (χ3v) is 6.60. The lowest BCUT2D eigenvalue weighted by Crippen LogP contribution is -2.40. The van der Waals surface area contributed by atoms with E-state index in [9.17, 15) is 0 Å². The molecule has 1 saturated heterocycles. The fourth-order valence-corrected chi connectivity index (χ4v) is 4.93. The Bertz CT molecular complexity index is 1000. The van der Waals surface area contributed by atoms with Crippen LogP contribution in [0.5, 0.6) is 11.5 Å². The summed E-state index contributed by atoms with van der Waals surface area (Å²) in [6, 6.07) is 16.5. The van der Waals surface area contributed by atoms with Gasteiger partial charge in [-0.2, -0.15) is 5.10 Å². The third-order valence-electron chi connectivity index (χ3n) is 6.60. The maximum atomic E-state index is 5.52. The van der Waals surface area contributed by atoms with E-state index in [2.05, 4.69) is 57.4 Å². The lowest BCUT2D eigenvalue weighted by molar-refractivity contribution is 0.142. The number of methoxy groups -OCH3 is 2. The second kappa shape index (κ2) is 11.3. The van der Waals surface area contributed by atoms with Gasteiger partial charge in [0.1, 0.15) is 11.5 Å². The number of piperidine rings is 1. The van der Waals surface area contributed by atoms with Crippen molar-refractivity contribution >= 4 is 0 Å². The first-order valence-electron chi connectivity index (χ1n) is 11.9. The molecule has 0 saturated carbocycles. The van der Waals surface area contributed by atoms with Gasteiger partial charge in [-0.1, -0.05) is 18.2 Å². The molecule has 3 aromatic rings. The van der Waals surface area contributed by atoms with Crippen molar-refractivity contribution in [2.75, 3.05) is 47.4 Å². The molecule has 0 aliphatic carbocycles. The molecule has 6 nitrogen and oxygen atoms in total. The fourth-order valence-electron chi connectivity index (χ4n) is 4.93. The predicted molar refractivity (Wildman–Crippen MR) is 133 cm³/mol. The molecule has 0 bridgehead atoms. The van der Waals surface area contributed by atoms with Crippen molar-refractivity contribution in [1.29, 1.82) is 0 Å². The maximum absolute atomic E-state index is 5.52. The number of aromatic amines is 1. The Kier molecular flexibility index (Phi) is 8.02. The summed E-state index contributed by atoms with van der Waals surface area (Å²) in [5, 5.41) is 7.50. The van der Waals surface area contributed by atoms with Gasteiger partial charge in [-0.15, -0.1) is 0 Å². The summed E-state index contributed by atoms with van der Waals surface area (Å²) < 4.78 is 10.8. The van der Waals surface area contributed by atoms with E-state index >= 15 is 0 Å². The van der Waals surface area contributed by atoms with Crippen LogP contribution in [0.4, 0.5) is 0 Å². The van der Waals surface area contributed by atoms with E-state index in [0.717, 1.165) is 55.4 Å². The van der Waals surface area contributed by atoms with Gasteiger partial charge in [-0.05, 0) is 74.7 Å². The molecule has 1 aliphatic rings. The highest BCUT2D eigenvalue weighted by Gasteiger charge is 2.22. The number of para-hydroxylation sites is 1. The fraction of sp³-hybridized carbons (Fsp3) is 0.444. The molecule has 1 N–H and O–H groups in total. The largest absolute Gasteiger partial charge is 0.497 e. The summed E-state index contributed by atoms with van der Waals surface area (Å²) >= 11 is 0. The number of hydrogen-bond donors (Lipinski definition) is 1. The molecule has 2 heterocycles. The topological polar surface area (TPSA) is 53.6 Å². The van der Waals surface area contributed by atoms with E-state index in [4.69, 9.17) is 9.47 Å². The van der Waals surface area contributed by atoms with Gasteiger partial charge in [0.25, 0.3) is 0 Å². The number of nitrogens with zero attached hydrogens (tertiary/aromatic N) is 3. The van der Waals surface area contributed by atoms with E-state index in [0.29, 0.717) is 5.92 Å². The lowest BCUT2D eigenvalue weighted by Gasteiger charge is -2.34. The predicted octanol–water partition coefficient (Wildman–Crippen LogP) is 4.48. The van der Waals surface area contributed by atoms with Gasteiger partial charge in [-0.25, -0.2) is 0 Å². The minimum Gasteiger partial charge on any atom is -0.497 e. The first-order chi connectivity index (χ1) is 16.2. The SMILES string of the molecule is COc1ccc(-c2[nH]ncc2CN(C)C[C@@H]2CCCN(CCc3ccccc3OC)C2)cc1. The van der Waals surface area contributed by atoms with Crippen LogP contribution >= 0.6 is 0 Å². The number of benzene rings is 2. The monoisotopic (exact) mass is 448 g/mol. The van der Waals surface area contributed by atoms with Crippen molar-refractivity contribution < 1.29 is 9.47 Å². The molecule has 4 rings (SSSR count). The number of hydrogen-bond acceptors (Lipinski definition) is 5. The second-order valence-corrected chi connectivity index (χ2v) is 9.07. The quantitative estimate of drug-likeness (QED) is 0.496. The number of aromatic nitrogens is 2. The van der Waals surface area contributed by atoms with Gasteiger partial charge in [0.05, 0.1) is 26.1 Å². The first-order valence-corrected chi connectivity index (χ1v) is 11.9. The number of H-pyrrole nitrogens is 1. The highest BCUT2D eigenvalue weighted by molar-refractivity contribution is 5.63. The van der Waals surface area contributed by atoms with E-state index in [1.807, 2.05) is 24.4 Å². The maximum Gasteiger partial charge on any atom is 0.122 e. The highest BCUT2D eigenvalue weighted by atomic mass is 16.5. The van der Waals surface area contributed by atoms with Gasteiger partial charge in [0.2, 0.25) is 0 Å². The van der Waals surface area contributed by atoms with Crippen LogP contribution in [0.3, 0.4) is 0 Å². The van der Waals surface area contributed by atoms with Crippen molar-refractivity contribution in [3.8, 4) is 22.8 Å². The first kappa shape index (κ1) is 23.3. The molecule has 0 unspecified atom stereocenters. The molecule has 33 heavy (non-hydrogen) atoms. The molecular weight excluding hydrogens is 412 g/mol. The lowest BCUT2D eigenvalue weighted by atomic mass is 9.96. The normalized spacial score (nSPS) is 16.8. The van der Waals surface area contributed by atoms with Gasteiger partial charge in [-0.3, -0.25) is 5.10 Å². The van der Waals surface area contributed by atoms with Crippen LogP contribution in [0.15, 0.2) is 54.7 Å². The summed E-state index contributed by atoms with van der Waals surface area (Å²) in [6.07, 6.45) is 5.56. The van der Waals surface area contributed by atoms with E-state index in [1.165, 1.54) is 30.5 Å². The van der Waals surface area contributed by atoms with Crippen LogP contribution in [0, 0.1) is 5.92 Å². The Hall–Kier alpha value is -2.83. The molecule has 0 amide bonds. The van der Waals surface area contributed by atoms with Gasteiger partial charge >= 0.3 is 0 Å². The molecule has 1 atom stereocenters. The Morgan fingerprint density at radius 3 is 2.67 bits per heavy atom. The summed E-state index contributed by atoms with van der Waals surface area (Å²) in [6.45, 7) is 5.42. The smallest absolute Gasteiger partial charge is 0.122 e. The minimum atomic E-state index is 0.692. The molecule has 1 fully saturated rings. The highest BCUT2D eigenvalue weighted by Crippen LogP contribution is 2.26. The molecule has 1 aliphatic heterocycles. The molecule has 0 spiro atoms. The van der Waals surface area contributed by atoms with Crippen molar-refractivity contribution in [3.63, 3.8) is 0 Å².